The van der Waals surface area contributed by atoms with Crippen LogP contribution < -0.4 is 4.74 Å². The van der Waals surface area contributed by atoms with Crippen LogP contribution in [0.2, 0.25) is 0 Å². The van der Waals surface area contributed by atoms with Crippen molar-refractivity contribution in [3.05, 3.63) is 29.8 Å². The number of carboxylic acid groups (broad SMARTS) is 1. The van der Waals surface area contributed by atoms with Gasteiger partial charge in [-0.2, -0.15) is 0 Å². The number of carboxylic acids is 1. The minimum absolute atomic E-state index is 0.170. The Balaban J connectivity index is 2.49. The van der Waals surface area contributed by atoms with Gasteiger partial charge in [0.25, 0.3) is 0 Å². The maximum atomic E-state index is 10.9. The first kappa shape index (κ1) is 13.5. The summed E-state index contributed by atoms with van der Waals surface area (Å²) >= 11 is 0. The molecule has 0 aliphatic carbocycles. The number of hydrogen-bond donors (Lipinski definition) is 1. The largest absolute Gasteiger partial charge is 0.490 e. The van der Waals surface area contributed by atoms with Crippen LogP contribution in [0.25, 0.3) is 0 Å². The monoisotopic (exact) mass is 238 g/mol. The van der Waals surface area contributed by atoms with Crippen LogP contribution in [0.1, 0.15) is 31.1 Å². The van der Waals surface area contributed by atoms with Crippen LogP contribution >= 0.6 is 0 Å². The van der Waals surface area contributed by atoms with Crippen molar-refractivity contribution in [2.45, 2.75) is 26.4 Å². The molecule has 0 spiro atoms. The average molecular weight is 238 g/mol. The van der Waals surface area contributed by atoms with Crippen molar-refractivity contribution in [3.8, 4) is 5.75 Å². The summed E-state index contributed by atoms with van der Waals surface area (Å²) in [5.41, 5.74) is -0.0429. The van der Waals surface area contributed by atoms with E-state index in [0.717, 1.165) is 0 Å². The van der Waals surface area contributed by atoms with Crippen molar-refractivity contribution < 1.29 is 19.4 Å². The van der Waals surface area contributed by atoms with E-state index in [1.807, 2.05) is 20.8 Å². The summed E-state index contributed by atoms with van der Waals surface area (Å²) in [4.78, 5) is 10.9. The molecule has 0 fully saturated rings. The maximum Gasteiger partial charge on any atom is 0.339 e. The summed E-state index contributed by atoms with van der Waals surface area (Å²) in [6, 6.07) is 6.57. The molecule has 0 aliphatic heterocycles. The standard InChI is InChI=1S/C13H18O4/c1-13(2,3)17-9-8-16-11-7-5-4-6-10(11)12(14)15/h4-7H,8-9H2,1-3H3,(H,14,15). The predicted octanol–water partition coefficient (Wildman–Crippen LogP) is 2.58. The number of carbonyl (C=O) groups is 1. The summed E-state index contributed by atoms with van der Waals surface area (Å²) in [6.07, 6.45) is 0. The number of benzene rings is 1. The van der Waals surface area contributed by atoms with Crippen molar-refractivity contribution in [2.75, 3.05) is 13.2 Å². The fourth-order valence-electron chi connectivity index (χ4n) is 1.27. The first-order valence-corrected chi connectivity index (χ1v) is 5.49. The molecule has 17 heavy (non-hydrogen) atoms. The maximum absolute atomic E-state index is 10.9. The van der Waals surface area contributed by atoms with Crippen LogP contribution in [0.5, 0.6) is 5.75 Å². The number of aromatic carboxylic acids is 1. The Kier molecular flexibility index (Phi) is 4.52. The van der Waals surface area contributed by atoms with Crippen molar-refractivity contribution in [2.24, 2.45) is 0 Å². The number of para-hydroxylation sites is 1. The van der Waals surface area contributed by atoms with Crippen molar-refractivity contribution in [1.82, 2.24) is 0 Å². The molecule has 1 rings (SSSR count). The predicted molar refractivity (Wildman–Crippen MR) is 64.6 cm³/mol. The lowest BCUT2D eigenvalue weighted by Crippen LogP contribution is -2.22. The number of hydrogen-bond acceptors (Lipinski definition) is 3. The summed E-state index contributed by atoms with van der Waals surface area (Å²) in [5, 5.41) is 8.94. The van der Waals surface area contributed by atoms with Crippen molar-refractivity contribution >= 4 is 5.97 Å². The second kappa shape index (κ2) is 5.68. The van der Waals surface area contributed by atoms with Gasteiger partial charge < -0.3 is 14.6 Å². The highest BCUT2D eigenvalue weighted by Gasteiger charge is 2.12. The molecule has 0 amide bonds. The van der Waals surface area contributed by atoms with E-state index in [-0.39, 0.29) is 11.2 Å². The molecule has 0 unspecified atom stereocenters. The highest BCUT2D eigenvalue weighted by Crippen LogP contribution is 2.17. The first-order valence-electron chi connectivity index (χ1n) is 5.49. The molecule has 4 nitrogen and oxygen atoms in total. The molecular formula is C13H18O4. The normalized spacial score (nSPS) is 11.2. The van der Waals surface area contributed by atoms with E-state index >= 15 is 0 Å². The van der Waals surface area contributed by atoms with Gasteiger partial charge >= 0.3 is 5.97 Å². The van der Waals surface area contributed by atoms with E-state index < -0.39 is 5.97 Å². The van der Waals surface area contributed by atoms with Crippen LogP contribution in [-0.4, -0.2) is 29.9 Å². The van der Waals surface area contributed by atoms with Gasteiger partial charge in [0.15, 0.2) is 0 Å². The zero-order chi connectivity index (χ0) is 12.9. The fraction of sp³-hybridized carbons (Fsp3) is 0.462. The van der Waals surface area contributed by atoms with Crippen molar-refractivity contribution in [3.63, 3.8) is 0 Å². The van der Waals surface area contributed by atoms with Crippen LogP contribution in [0.3, 0.4) is 0 Å². The highest BCUT2D eigenvalue weighted by atomic mass is 16.5. The van der Waals surface area contributed by atoms with Crippen molar-refractivity contribution in [1.29, 1.82) is 0 Å². The summed E-state index contributed by atoms with van der Waals surface area (Å²) in [5.74, 6) is -0.616. The molecule has 0 heterocycles. The molecule has 0 saturated heterocycles. The topological polar surface area (TPSA) is 55.8 Å². The van der Waals surface area contributed by atoms with Crippen LogP contribution in [-0.2, 0) is 4.74 Å². The van der Waals surface area contributed by atoms with Gasteiger partial charge in [0.2, 0.25) is 0 Å². The number of ether oxygens (including phenoxy) is 2. The van der Waals surface area contributed by atoms with Gasteiger partial charge in [0.05, 0.1) is 12.2 Å². The molecule has 4 heteroatoms. The first-order chi connectivity index (χ1) is 7.90. The fourth-order valence-corrected chi connectivity index (χ4v) is 1.27. The molecule has 0 atom stereocenters. The van der Waals surface area contributed by atoms with Gasteiger partial charge in [-0.3, -0.25) is 0 Å². The zero-order valence-corrected chi connectivity index (χ0v) is 10.4. The second-order valence-electron chi connectivity index (χ2n) is 4.61. The molecular weight excluding hydrogens is 220 g/mol. The Morgan fingerprint density at radius 1 is 1.24 bits per heavy atom. The molecule has 1 N–H and O–H groups in total. The summed E-state index contributed by atoms with van der Waals surface area (Å²) < 4.78 is 10.9. The van der Waals surface area contributed by atoms with E-state index in [2.05, 4.69) is 0 Å². The van der Waals surface area contributed by atoms with E-state index in [9.17, 15) is 4.79 Å². The number of rotatable bonds is 5. The van der Waals surface area contributed by atoms with E-state index in [0.29, 0.717) is 19.0 Å². The third-order valence-corrected chi connectivity index (χ3v) is 1.99. The molecule has 0 bridgehead atoms. The Bertz CT molecular complexity index is 379. The van der Waals surface area contributed by atoms with Gasteiger partial charge in [-0.05, 0) is 32.9 Å². The van der Waals surface area contributed by atoms with Gasteiger partial charge in [-0.1, -0.05) is 12.1 Å². The minimum atomic E-state index is -0.989. The van der Waals surface area contributed by atoms with E-state index in [1.165, 1.54) is 6.07 Å². The highest BCUT2D eigenvalue weighted by molar-refractivity contribution is 5.90. The van der Waals surface area contributed by atoms with E-state index in [1.54, 1.807) is 18.2 Å². The second-order valence-corrected chi connectivity index (χ2v) is 4.61. The third-order valence-electron chi connectivity index (χ3n) is 1.99. The van der Waals surface area contributed by atoms with E-state index in [4.69, 9.17) is 14.6 Å². The molecule has 0 aromatic heterocycles. The lowest BCUT2D eigenvalue weighted by atomic mass is 10.2. The Labute approximate surface area is 101 Å². The molecule has 94 valence electrons. The lowest BCUT2D eigenvalue weighted by molar-refractivity contribution is -0.0164. The summed E-state index contributed by atoms with van der Waals surface area (Å²) in [7, 11) is 0. The summed E-state index contributed by atoms with van der Waals surface area (Å²) in [6.45, 7) is 6.63. The quantitative estimate of drug-likeness (QED) is 0.801. The average Bonchev–Trinajstić information content (AvgIpc) is 2.23. The third kappa shape index (κ3) is 4.87. The van der Waals surface area contributed by atoms with Gasteiger partial charge in [-0.25, -0.2) is 4.79 Å². The van der Waals surface area contributed by atoms with Crippen LogP contribution in [0, 0.1) is 0 Å². The Hall–Kier alpha value is -1.55. The SMILES string of the molecule is CC(C)(C)OCCOc1ccccc1C(=O)O. The molecule has 0 aliphatic rings. The Morgan fingerprint density at radius 2 is 1.88 bits per heavy atom. The van der Waals surface area contributed by atoms with Gasteiger partial charge in [0, 0.05) is 0 Å². The molecule has 0 saturated carbocycles. The zero-order valence-electron chi connectivity index (χ0n) is 10.4. The molecule has 1 aromatic carbocycles. The Morgan fingerprint density at radius 3 is 2.47 bits per heavy atom. The van der Waals surface area contributed by atoms with Crippen LogP contribution in [0.15, 0.2) is 24.3 Å². The molecule has 0 radical (unpaired) electrons. The van der Waals surface area contributed by atoms with Gasteiger partial charge in [-0.15, -0.1) is 0 Å². The lowest BCUT2D eigenvalue weighted by Gasteiger charge is -2.19. The van der Waals surface area contributed by atoms with Crippen LogP contribution in [0.4, 0.5) is 0 Å². The smallest absolute Gasteiger partial charge is 0.339 e. The minimum Gasteiger partial charge on any atom is -0.490 e. The molecule has 1 aromatic rings. The van der Waals surface area contributed by atoms with Gasteiger partial charge in [0.1, 0.15) is 17.9 Å².